The molecule has 3 rings (SSSR count). The number of hydrogen-bond donors (Lipinski definition) is 1. The maximum atomic E-state index is 12.6. The molecule has 2 aromatic rings. The minimum atomic E-state index is -4.51. The van der Waals surface area contributed by atoms with Gasteiger partial charge in [0.15, 0.2) is 5.69 Å². The lowest BCUT2D eigenvalue weighted by Crippen LogP contribution is -2.26. The lowest BCUT2D eigenvalue weighted by Gasteiger charge is -2.22. The second-order valence-electron chi connectivity index (χ2n) is 6.42. The molecule has 0 bridgehead atoms. The molecule has 1 atom stereocenters. The number of carbonyl (C=O) groups is 1. The van der Waals surface area contributed by atoms with Gasteiger partial charge in [-0.25, -0.2) is 0 Å². The van der Waals surface area contributed by atoms with E-state index in [0.29, 0.717) is 0 Å². The van der Waals surface area contributed by atoms with Crippen LogP contribution in [0.2, 0.25) is 0 Å². The number of rotatable bonds is 4. The van der Waals surface area contributed by atoms with Crippen LogP contribution in [0.3, 0.4) is 0 Å². The zero-order valence-corrected chi connectivity index (χ0v) is 14.4. The van der Waals surface area contributed by atoms with Crippen molar-refractivity contribution < 1.29 is 18.0 Å². The van der Waals surface area contributed by atoms with E-state index in [0.717, 1.165) is 36.6 Å². The Kier molecular flexibility index (Phi) is 4.84. The molecule has 1 aliphatic rings. The second kappa shape index (κ2) is 6.93. The normalized spacial score (nSPS) is 16.9. The van der Waals surface area contributed by atoms with E-state index in [9.17, 15) is 18.0 Å². The molecule has 0 spiro atoms. The summed E-state index contributed by atoms with van der Waals surface area (Å²) in [6, 6.07) is 1.98. The van der Waals surface area contributed by atoms with Gasteiger partial charge in [-0.3, -0.25) is 9.48 Å². The number of halogens is 3. The summed E-state index contributed by atoms with van der Waals surface area (Å²) in [5.41, 5.74) is 0.795. The molecule has 0 aromatic carbocycles. The van der Waals surface area contributed by atoms with Crippen molar-refractivity contribution in [2.24, 2.45) is 0 Å². The van der Waals surface area contributed by atoms with E-state index < -0.39 is 11.9 Å². The molecule has 140 valence electrons. The Labute approximate surface area is 148 Å². The number of aromatic nitrogens is 4. The van der Waals surface area contributed by atoms with Crippen LogP contribution in [0, 0.1) is 0 Å². The zero-order valence-electron chi connectivity index (χ0n) is 14.4. The highest BCUT2D eigenvalue weighted by atomic mass is 19.4. The molecule has 0 saturated carbocycles. The van der Waals surface area contributed by atoms with Gasteiger partial charge in [0, 0.05) is 20.3 Å². The lowest BCUT2D eigenvalue weighted by atomic mass is 9.94. The first-order valence-electron chi connectivity index (χ1n) is 8.18. The van der Waals surface area contributed by atoms with Crippen LogP contribution in [0.15, 0.2) is 18.3 Å². The Morgan fingerprint density at radius 1 is 1.35 bits per heavy atom. The third kappa shape index (κ3) is 3.94. The highest BCUT2D eigenvalue weighted by Crippen LogP contribution is 2.32. The maximum absolute atomic E-state index is 12.6. The summed E-state index contributed by atoms with van der Waals surface area (Å²) in [6.45, 7) is 0.146. The molecule has 2 heterocycles. The van der Waals surface area contributed by atoms with Gasteiger partial charge in [-0.05, 0) is 37.0 Å². The maximum Gasteiger partial charge on any atom is 0.435 e. The Hall–Kier alpha value is -2.65. The smallest absolute Gasteiger partial charge is 0.360 e. The van der Waals surface area contributed by atoms with Gasteiger partial charge in [-0.15, -0.1) is 10.2 Å². The van der Waals surface area contributed by atoms with Crippen LogP contribution >= 0.6 is 0 Å². The van der Waals surface area contributed by atoms with Gasteiger partial charge >= 0.3 is 6.18 Å². The van der Waals surface area contributed by atoms with Crippen LogP contribution < -0.4 is 5.32 Å². The molecule has 0 fully saturated rings. The molecule has 1 aliphatic carbocycles. The standard InChI is InChI=1S/C16H19F3N6O/c1-24(2)14(26)9-25-8-10-4-3-5-11(15(10)23-25)20-13-7-6-12(21-22-13)16(17,18)19/h6-8,11H,3-5,9H2,1-2H3,(H,20,22). The monoisotopic (exact) mass is 368 g/mol. The number of alkyl halides is 3. The molecule has 2 aromatic heterocycles. The molecule has 1 amide bonds. The molecule has 1 unspecified atom stereocenters. The number of fused-ring (bicyclic) bond motifs is 1. The molecule has 7 nitrogen and oxygen atoms in total. The predicted octanol–water partition coefficient (Wildman–Crippen LogP) is 2.27. The molecule has 10 heteroatoms. The summed E-state index contributed by atoms with van der Waals surface area (Å²) in [5, 5.41) is 14.4. The first-order valence-corrected chi connectivity index (χ1v) is 8.18. The Bertz CT molecular complexity index is 784. The molecular formula is C16H19F3N6O. The number of nitrogens with zero attached hydrogens (tertiary/aromatic N) is 5. The minimum Gasteiger partial charge on any atom is -0.360 e. The molecule has 0 radical (unpaired) electrons. The van der Waals surface area contributed by atoms with Crippen molar-refractivity contribution >= 4 is 11.7 Å². The number of hydrogen-bond acceptors (Lipinski definition) is 5. The van der Waals surface area contributed by atoms with Crippen molar-refractivity contribution in [2.75, 3.05) is 19.4 Å². The summed E-state index contributed by atoms with van der Waals surface area (Å²) >= 11 is 0. The third-order valence-corrected chi connectivity index (χ3v) is 4.21. The third-order valence-electron chi connectivity index (χ3n) is 4.21. The summed E-state index contributed by atoms with van der Waals surface area (Å²) in [6.07, 6.45) is -0.132. The highest BCUT2D eigenvalue weighted by molar-refractivity contribution is 5.75. The van der Waals surface area contributed by atoms with Crippen molar-refractivity contribution in [3.63, 3.8) is 0 Å². The van der Waals surface area contributed by atoms with E-state index in [-0.39, 0.29) is 24.3 Å². The number of anilines is 1. The Balaban J connectivity index is 1.75. The number of aryl methyl sites for hydroxylation is 1. The van der Waals surface area contributed by atoms with Crippen LogP contribution in [0.1, 0.15) is 35.8 Å². The van der Waals surface area contributed by atoms with Gasteiger partial charge in [0.05, 0.1) is 11.7 Å². The van der Waals surface area contributed by atoms with Crippen LogP contribution in [0.25, 0.3) is 0 Å². The van der Waals surface area contributed by atoms with Crippen LogP contribution in [-0.4, -0.2) is 44.9 Å². The molecule has 1 N–H and O–H groups in total. The highest BCUT2D eigenvalue weighted by Gasteiger charge is 2.33. The Morgan fingerprint density at radius 2 is 2.12 bits per heavy atom. The SMILES string of the molecule is CN(C)C(=O)Cn1cc2c(n1)C(Nc1ccc(C(F)(F)F)nn1)CCC2. The van der Waals surface area contributed by atoms with Crippen molar-refractivity contribution in [1.82, 2.24) is 24.9 Å². The van der Waals surface area contributed by atoms with Gasteiger partial charge in [-0.2, -0.15) is 18.3 Å². The topological polar surface area (TPSA) is 75.9 Å². The Morgan fingerprint density at radius 3 is 2.73 bits per heavy atom. The quantitative estimate of drug-likeness (QED) is 0.896. The number of nitrogens with one attached hydrogen (secondary N) is 1. The van der Waals surface area contributed by atoms with Crippen molar-refractivity contribution in [2.45, 2.75) is 38.0 Å². The van der Waals surface area contributed by atoms with Crippen molar-refractivity contribution in [1.29, 1.82) is 0 Å². The fourth-order valence-electron chi connectivity index (χ4n) is 2.84. The van der Waals surface area contributed by atoms with Gasteiger partial charge in [0.1, 0.15) is 12.4 Å². The van der Waals surface area contributed by atoms with Crippen LogP contribution in [0.4, 0.5) is 19.0 Å². The van der Waals surface area contributed by atoms with E-state index in [1.54, 1.807) is 18.8 Å². The van der Waals surface area contributed by atoms with E-state index >= 15 is 0 Å². The number of likely N-dealkylation sites (N-methyl/N-ethyl adjacent to an activating group) is 1. The first-order chi connectivity index (χ1) is 12.2. The van der Waals surface area contributed by atoms with Crippen molar-refractivity contribution in [3.05, 3.63) is 35.3 Å². The first kappa shape index (κ1) is 18.2. The average Bonchev–Trinajstić information content (AvgIpc) is 2.98. The van der Waals surface area contributed by atoms with Gasteiger partial charge < -0.3 is 10.2 Å². The largest absolute Gasteiger partial charge is 0.435 e. The lowest BCUT2D eigenvalue weighted by molar-refractivity contribution is -0.141. The molecule has 0 saturated heterocycles. The average molecular weight is 368 g/mol. The van der Waals surface area contributed by atoms with E-state index in [4.69, 9.17) is 0 Å². The van der Waals surface area contributed by atoms with E-state index in [2.05, 4.69) is 20.6 Å². The molecule has 0 aliphatic heterocycles. The van der Waals surface area contributed by atoms with Gasteiger partial charge in [-0.1, -0.05) is 0 Å². The predicted molar refractivity (Wildman–Crippen MR) is 87.3 cm³/mol. The van der Waals surface area contributed by atoms with Crippen LogP contribution in [-0.2, 0) is 23.9 Å². The van der Waals surface area contributed by atoms with Gasteiger partial charge in [0.2, 0.25) is 5.91 Å². The summed E-state index contributed by atoms with van der Waals surface area (Å²) in [5.74, 6) is 0.192. The summed E-state index contributed by atoms with van der Waals surface area (Å²) in [4.78, 5) is 13.3. The molecule has 26 heavy (non-hydrogen) atoms. The van der Waals surface area contributed by atoms with E-state index in [1.807, 2.05) is 6.20 Å². The van der Waals surface area contributed by atoms with Crippen LogP contribution in [0.5, 0.6) is 0 Å². The van der Waals surface area contributed by atoms with Crippen molar-refractivity contribution in [3.8, 4) is 0 Å². The molecular weight excluding hydrogens is 349 g/mol. The number of amides is 1. The fraction of sp³-hybridized carbons (Fsp3) is 0.500. The second-order valence-corrected chi connectivity index (χ2v) is 6.42. The summed E-state index contributed by atoms with van der Waals surface area (Å²) < 4.78 is 39.3. The minimum absolute atomic E-state index is 0.0667. The van der Waals surface area contributed by atoms with Gasteiger partial charge in [0.25, 0.3) is 0 Å². The number of carbonyl (C=O) groups excluding carboxylic acids is 1. The van der Waals surface area contributed by atoms with E-state index in [1.165, 1.54) is 11.0 Å². The zero-order chi connectivity index (χ0) is 18.9. The fourth-order valence-corrected chi connectivity index (χ4v) is 2.84. The summed E-state index contributed by atoms with van der Waals surface area (Å²) in [7, 11) is 3.36.